The average molecular weight is 272 g/mol. The van der Waals surface area contributed by atoms with Gasteiger partial charge in [-0.1, -0.05) is 0 Å². The van der Waals surface area contributed by atoms with E-state index in [0.29, 0.717) is 6.54 Å². The molecule has 0 unspecified atom stereocenters. The second-order valence-corrected chi connectivity index (χ2v) is 5.47. The Balaban J connectivity index is 2.14. The van der Waals surface area contributed by atoms with Crippen molar-refractivity contribution in [2.24, 2.45) is 5.41 Å². The fourth-order valence-electron chi connectivity index (χ4n) is 1.97. The molecule has 0 aliphatic rings. The zero-order valence-electron chi connectivity index (χ0n) is 12.0. The largest absolute Gasteiger partial charge is 0.399 e. The Kier molecular flexibility index (Phi) is 3.79. The lowest BCUT2D eigenvalue weighted by molar-refractivity contribution is -0.128. The molecule has 106 valence electrons. The van der Waals surface area contributed by atoms with E-state index in [4.69, 9.17) is 5.73 Å². The van der Waals surface area contributed by atoms with Crippen molar-refractivity contribution in [2.75, 3.05) is 24.6 Å². The third-order valence-corrected chi connectivity index (χ3v) is 3.27. The molecule has 0 bridgehead atoms. The van der Waals surface area contributed by atoms with Crippen LogP contribution in [0.5, 0.6) is 0 Å². The minimum absolute atomic E-state index is 0.00133. The Morgan fingerprint density at radius 2 is 2.05 bits per heavy atom. The third kappa shape index (κ3) is 2.99. The third-order valence-electron chi connectivity index (χ3n) is 3.27. The molecular weight excluding hydrogens is 252 g/mol. The van der Waals surface area contributed by atoms with E-state index in [1.165, 1.54) is 0 Å². The predicted octanol–water partition coefficient (Wildman–Crippen LogP) is 2.00. The van der Waals surface area contributed by atoms with Gasteiger partial charge in [0.15, 0.2) is 0 Å². The minimum Gasteiger partial charge on any atom is -0.399 e. The molecule has 0 radical (unpaired) electrons. The molecule has 1 aromatic carbocycles. The maximum absolute atomic E-state index is 11.7. The van der Waals surface area contributed by atoms with Gasteiger partial charge in [0.25, 0.3) is 0 Å². The number of carbonyl (C=O) groups excluding carboxylic acids is 1. The summed E-state index contributed by atoms with van der Waals surface area (Å²) in [6.45, 7) is 4.29. The van der Waals surface area contributed by atoms with Crippen molar-refractivity contribution < 1.29 is 4.79 Å². The summed E-state index contributed by atoms with van der Waals surface area (Å²) in [6.07, 6.45) is 0. The molecule has 1 aromatic heterocycles. The Hall–Kier alpha value is -2.30. The Morgan fingerprint density at radius 1 is 1.30 bits per heavy atom. The number of anilines is 2. The lowest BCUT2D eigenvalue weighted by atomic mass is 9.92. The Labute approximate surface area is 118 Å². The first kappa shape index (κ1) is 14.1. The number of pyridine rings is 1. The number of hydrogen-bond acceptors (Lipinski definition) is 4. The summed E-state index contributed by atoms with van der Waals surface area (Å²) in [5.74, 6) is 0.748. The average Bonchev–Trinajstić information content (AvgIpc) is 2.44. The van der Waals surface area contributed by atoms with E-state index in [2.05, 4.69) is 15.6 Å². The second kappa shape index (κ2) is 5.36. The van der Waals surface area contributed by atoms with Gasteiger partial charge in [0.05, 0.1) is 10.9 Å². The van der Waals surface area contributed by atoms with Crippen molar-refractivity contribution in [1.29, 1.82) is 0 Å². The molecule has 1 heterocycles. The fraction of sp³-hybridized carbons (Fsp3) is 0.333. The second-order valence-electron chi connectivity index (χ2n) is 5.47. The van der Waals surface area contributed by atoms with Crippen LogP contribution in [-0.2, 0) is 4.79 Å². The molecule has 0 aliphatic heterocycles. The van der Waals surface area contributed by atoms with Crippen LogP contribution in [0.1, 0.15) is 13.8 Å². The molecular formula is C15H20N4O. The summed E-state index contributed by atoms with van der Waals surface area (Å²) in [5, 5.41) is 6.87. The number of rotatable bonds is 4. The van der Waals surface area contributed by atoms with Crippen molar-refractivity contribution in [1.82, 2.24) is 10.3 Å². The van der Waals surface area contributed by atoms with Crippen molar-refractivity contribution in [3.63, 3.8) is 0 Å². The number of amides is 1. The number of hydrogen-bond donors (Lipinski definition) is 3. The summed E-state index contributed by atoms with van der Waals surface area (Å²) < 4.78 is 0. The smallest absolute Gasteiger partial charge is 0.227 e. The molecule has 2 aromatic rings. The molecule has 0 aliphatic carbocycles. The van der Waals surface area contributed by atoms with Crippen LogP contribution in [0.25, 0.3) is 10.9 Å². The number of nitrogens with zero attached hydrogens (tertiary/aromatic N) is 1. The summed E-state index contributed by atoms with van der Waals surface area (Å²) in [4.78, 5) is 16.2. The van der Waals surface area contributed by atoms with Crippen LogP contribution in [0, 0.1) is 5.41 Å². The van der Waals surface area contributed by atoms with Crippen LogP contribution in [0.2, 0.25) is 0 Å². The highest BCUT2D eigenvalue weighted by Crippen LogP contribution is 2.20. The molecule has 0 spiro atoms. The summed E-state index contributed by atoms with van der Waals surface area (Å²) in [6, 6.07) is 9.46. The van der Waals surface area contributed by atoms with E-state index < -0.39 is 5.41 Å². The number of fused-ring (bicyclic) bond motifs is 1. The molecule has 0 saturated carbocycles. The molecule has 5 heteroatoms. The predicted molar refractivity (Wildman–Crippen MR) is 82.5 cm³/mol. The molecule has 0 saturated heterocycles. The van der Waals surface area contributed by atoms with E-state index >= 15 is 0 Å². The van der Waals surface area contributed by atoms with Crippen LogP contribution in [0.15, 0.2) is 30.3 Å². The normalized spacial score (nSPS) is 11.3. The molecule has 1 amide bonds. The number of benzene rings is 1. The van der Waals surface area contributed by atoms with Gasteiger partial charge in [0.1, 0.15) is 5.82 Å². The van der Waals surface area contributed by atoms with Gasteiger partial charge in [0, 0.05) is 24.7 Å². The maximum atomic E-state index is 11.7. The quantitative estimate of drug-likeness (QED) is 0.744. The highest BCUT2D eigenvalue weighted by molar-refractivity contribution is 5.84. The van der Waals surface area contributed by atoms with Crippen molar-refractivity contribution in [3.05, 3.63) is 30.3 Å². The highest BCUT2D eigenvalue weighted by atomic mass is 16.2. The van der Waals surface area contributed by atoms with Crippen LogP contribution in [-0.4, -0.2) is 24.5 Å². The molecule has 20 heavy (non-hydrogen) atoms. The van der Waals surface area contributed by atoms with Crippen molar-refractivity contribution in [3.8, 4) is 0 Å². The van der Waals surface area contributed by atoms with Crippen molar-refractivity contribution in [2.45, 2.75) is 13.8 Å². The van der Waals surface area contributed by atoms with Crippen LogP contribution >= 0.6 is 0 Å². The van der Waals surface area contributed by atoms with Crippen LogP contribution in [0.4, 0.5) is 11.5 Å². The number of aromatic nitrogens is 1. The van der Waals surface area contributed by atoms with Crippen LogP contribution < -0.4 is 16.4 Å². The highest BCUT2D eigenvalue weighted by Gasteiger charge is 2.26. The standard InChI is InChI=1S/C15H20N4O/c1-15(2,14(20)17-3)9-18-13-7-4-10-8-11(16)5-6-12(10)19-13/h4-8H,9,16H2,1-3H3,(H,17,20)(H,18,19). The Bertz CT molecular complexity index is 637. The number of nitrogens with two attached hydrogens (primary N) is 1. The van der Waals surface area contributed by atoms with Gasteiger partial charge in [0.2, 0.25) is 5.91 Å². The minimum atomic E-state index is -0.494. The van der Waals surface area contributed by atoms with Gasteiger partial charge in [-0.05, 0) is 44.2 Å². The van der Waals surface area contributed by atoms with Gasteiger partial charge in [-0.2, -0.15) is 0 Å². The van der Waals surface area contributed by atoms with E-state index in [-0.39, 0.29) is 5.91 Å². The molecule has 5 nitrogen and oxygen atoms in total. The number of carbonyl (C=O) groups is 1. The van der Waals surface area contributed by atoms with E-state index in [1.54, 1.807) is 7.05 Å². The van der Waals surface area contributed by atoms with E-state index in [1.807, 2.05) is 44.2 Å². The molecule has 0 fully saturated rings. The van der Waals surface area contributed by atoms with Gasteiger partial charge >= 0.3 is 0 Å². The topological polar surface area (TPSA) is 80.0 Å². The zero-order valence-corrected chi connectivity index (χ0v) is 12.0. The van der Waals surface area contributed by atoms with Gasteiger partial charge in [-0.25, -0.2) is 4.98 Å². The van der Waals surface area contributed by atoms with Crippen molar-refractivity contribution >= 4 is 28.3 Å². The lowest BCUT2D eigenvalue weighted by Crippen LogP contribution is -2.39. The molecule has 4 N–H and O–H groups in total. The van der Waals surface area contributed by atoms with E-state index in [0.717, 1.165) is 22.4 Å². The lowest BCUT2D eigenvalue weighted by Gasteiger charge is -2.23. The molecule has 0 atom stereocenters. The summed E-state index contributed by atoms with van der Waals surface area (Å²) >= 11 is 0. The van der Waals surface area contributed by atoms with Crippen LogP contribution in [0.3, 0.4) is 0 Å². The van der Waals surface area contributed by atoms with Gasteiger partial charge in [-0.15, -0.1) is 0 Å². The summed E-state index contributed by atoms with van der Waals surface area (Å²) in [7, 11) is 1.64. The monoisotopic (exact) mass is 272 g/mol. The first-order valence-electron chi connectivity index (χ1n) is 6.55. The number of nitrogen functional groups attached to an aromatic ring is 1. The Morgan fingerprint density at radius 3 is 2.75 bits per heavy atom. The van der Waals surface area contributed by atoms with Gasteiger partial charge in [-0.3, -0.25) is 4.79 Å². The first-order chi connectivity index (χ1) is 9.42. The first-order valence-corrected chi connectivity index (χ1v) is 6.55. The SMILES string of the molecule is CNC(=O)C(C)(C)CNc1ccc2cc(N)ccc2n1. The summed E-state index contributed by atoms with van der Waals surface area (Å²) in [5.41, 5.74) is 6.84. The van der Waals surface area contributed by atoms with E-state index in [9.17, 15) is 4.79 Å². The molecule has 2 rings (SSSR count). The fourth-order valence-corrected chi connectivity index (χ4v) is 1.97. The number of nitrogens with one attached hydrogen (secondary N) is 2. The van der Waals surface area contributed by atoms with Gasteiger partial charge < -0.3 is 16.4 Å². The zero-order chi connectivity index (χ0) is 14.8. The maximum Gasteiger partial charge on any atom is 0.227 e.